The Balaban J connectivity index is 1.81. The normalized spacial score (nSPS) is 11.0. The molecule has 0 saturated carbocycles. The third-order valence-corrected chi connectivity index (χ3v) is 5.37. The van der Waals surface area contributed by atoms with Crippen LogP contribution in [0.1, 0.15) is 26.4 Å². The minimum atomic E-state index is -0.909. The summed E-state index contributed by atoms with van der Waals surface area (Å²) in [6.45, 7) is 1.80. The number of carbonyl (C=O) groups excluding carboxylic acids is 2. The van der Waals surface area contributed by atoms with E-state index >= 15 is 0 Å². The Morgan fingerprint density at radius 2 is 2.00 bits per heavy atom. The maximum Gasteiger partial charge on any atom is 0.256 e. The van der Waals surface area contributed by atoms with Gasteiger partial charge in [0.2, 0.25) is 0 Å². The summed E-state index contributed by atoms with van der Waals surface area (Å²) in [6, 6.07) is 9.20. The van der Waals surface area contributed by atoms with E-state index in [0.29, 0.717) is 28.0 Å². The van der Waals surface area contributed by atoms with Crippen LogP contribution >= 0.6 is 11.3 Å². The molecule has 146 valence electrons. The first kappa shape index (κ1) is 18.8. The maximum atomic E-state index is 13.7. The summed E-state index contributed by atoms with van der Waals surface area (Å²) in [4.78, 5) is 30.0. The van der Waals surface area contributed by atoms with E-state index < -0.39 is 17.6 Å². The maximum absolute atomic E-state index is 13.7. The number of aryl methyl sites for hydroxylation is 2. The highest BCUT2D eigenvalue weighted by atomic mass is 32.1. The van der Waals surface area contributed by atoms with Crippen LogP contribution in [0.2, 0.25) is 0 Å². The second kappa shape index (κ2) is 7.10. The molecular weight excluding hydrogens is 393 g/mol. The van der Waals surface area contributed by atoms with E-state index in [2.05, 4.69) is 15.4 Å². The van der Waals surface area contributed by atoms with E-state index in [0.717, 1.165) is 10.9 Å². The number of anilines is 1. The highest BCUT2D eigenvalue weighted by molar-refractivity contribution is 7.13. The number of pyridine rings is 1. The Hall–Kier alpha value is -3.59. The van der Waals surface area contributed by atoms with Crippen LogP contribution in [0.25, 0.3) is 21.6 Å². The van der Waals surface area contributed by atoms with Gasteiger partial charge in [-0.05, 0) is 42.6 Å². The van der Waals surface area contributed by atoms with Gasteiger partial charge in [-0.3, -0.25) is 14.3 Å². The molecule has 0 unspecified atom stereocenters. The predicted molar refractivity (Wildman–Crippen MR) is 109 cm³/mol. The number of halogens is 1. The lowest BCUT2D eigenvalue weighted by molar-refractivity contribution is 0.0992. The molecule has 4 aromatic rings. The summed E-state index contributed by atoms with van der Waals surface area (Å²) < 4.78 is 15.3. The molecule has 1 aromatic carbocycles. The number of aromatic nitrogens is 3. The number of rotatable bonds is 4. The van der Waals surface area contributed by atoms with Gasteiger partial charge >= 0.3 is 0 Å². The molecule has 0 saturated heterocycles. The first-order valence-corrected chi connectivity index (χ1v) is 9.52. The molecule has 7 nitrogen and oxygen atoms in total. The number of fused-ring (bicyclic) bond motifs is 1. The number of thiophene rings is 1. The molecule has 3 heterocycles. The molecule has 0 bridgehead atoms. The van der Waals surface area contributed by atoms with Crippen molar-refractivity contribution in [1.29, 1.82) is 0 Å². The summed E-state index contributed by atoms with van der Waals surface area (Å²) in [5, 5.41) is 9.64. The Labute approximate surface area is 169 Å². The molecule has 9 heteroatoms. The van der Waals surface area contributed by atoms with Crippen LogP contribution in [0.3, 0.4) is 0 Å². The number of nitrogens with two attached hydrogens (primary N) is 1. The molecular formula is C20H16FN5O2S. The van der Waals surface area contributed by atoms with Crippen molar-refractivity contribution in [2.45, 2.75) is 6.92 Å². The number of nitrogens with one attached hydrogen (secondary N) is 1. The average Bonchev–Trinajstić information content (AvgIpc) is 3.31. The number of hydrogen-bond acceptors (Lipinski definition) is 5. The van der Waals surface area contributed by atoms with Gasteiger partial charge < -0.3 is 11.1 Å². The summed E-state index contributed by atoms with van der Waals surface area (Å²) in [5.74, 6) is -2.08. The van der Waals surface area contributed by atoms with E-state index in [1.807, 2.05) is 17.5 Å². The highest BCUT2D eigenvalue weighted by Crippen LogP contribution is 2.30. The van der Waals surface area contributed by atoms with Crippen molar-refractivity contribution in [2.75, 3.05) is 5.32 Å². The standard InChI is InChI=1S/C20H16FN5O2S/c1-10-17-13(20(28)23-11-5-6-14(21)12(8-11)18(22)27)9-15(16-4-3-7-29-16)24-19(17)26(2)25-10/h3-9H,1-2H3,(H2,22,27)(H,23,28). The molecule has 4 rings (SSSR count). The van der Waals surface area contributed by atoms with Crippen molar-refractivity contribution in [3.05, 3.63) is 64.4 Å². The SMILES string of the molecule is Cc1nn(C)c2nc(-c3cccs3)cc(C(=O)Nc3ccc(F)c(C(N)=O)c3)c12. The molecule has 3 N–H and O–H groups in total. The molecule has 29 heavy (non-hydrogen) atoms. The van der Waals surface area contributed by atoms with Crippen molar-refractivity contribution in [2.24, 2.45) is 12.8 Å². The van der Waals surface area contributed by atoms with Gasteiger partial charge in [0, 0.05) is 12.7 Å². The third kappa shape index (κ3) is 3.36. The summed E-state index contributed by atoms with van der Waals surface area (Å²) in [6.07, 6.45) is 0. The Morgan fingerprint density at radius 1 is 1.21 bits per heavy atom. The van der Waals surface area contributed by atoms with Gasteiger partial charge in [-0.1, -0.05) is 6.07 Å². The van der Waals surface area contributed by atoms with Crippen LogP contribution in [0.15, 0.2) is 41.8 Å². The smallest absolute Gasteiger partial charge is 0.256 e. The van der Waals surface area contributed by atoms with Crippen LogP contribution < -0.4 is 11.1 Å². The lowest BCUT2D eigenvalue weighted by Gasteiger charge is -2.10. The minimum absolute atomic E-state index is 0.259. The number of primary amides is 1. The van der Waals surface area contributed by atoms with Gasteiger partial charge in [0.05, 0.1) is 32.8 Å². The lowest BCUT2D eigenvalue weighted by Crippen LogP contribution is -2.16. The molecule has 0 atom stereocenters. The summed E-state index contributed by atoms with van der Waals surface area (Å²) in [5.41, 5.74) is 7.43. The Bertz CT molecular complexity index is 1260. The van der Waals surface area contributed by atoms with Crippen molar-refractivity contribution >= 4 is 39.9 Å². The zero-order valence-electron chi connectivity index (χ0n) is 15.6. The van der Waals surface area contributed by atoms with E-state index in [4.69, 9.17) is 5.73 Å². The number of hydrogen-bond donors (Lipinski definition) is 2. The van der Waals surface area contributed by atoms with Gasteiger partial charge in [-0.15, -0.1) is 11.3 Å². The van der Waals surface area contributed by atoms with E-state index in [1.54, 1.807) is 24.7 Å². The molecule has 3 aromatic heterocycles. The number of nitrogens with zero attached hydrogens (tertiary/aromatic N) is 3. The molecule has 0 fully saturated rings. The highest BCUT2D eigenvalue weighted by Gasteiger charge is 2.20. The lowest BCUT2D eigenvalue weighted by atomic mass is 10.1. The van der Waals surface area contributed by atoms with Crippen LogP contribution in [-0.4, -0.2) is 26.6 Å². The number of carbonyl (C=O) groups is 2. The fraction of sp³-hybridized carbons (Fsp3) is 0.100. The number of benzene rings is 1. The van der Waals surface area contributed by atoms with E-state index in [-0.39, 0.29) is 11.3 Å². The van der Waals surface area contributed by atoms with Crippen LogP contribution in [0.4, 0.5) is 10.1 Å². The second-order valence-electron chi connectivity index (χ2n) is 6.45. The van der Waals surface area contributed by atoms with E-state index in [1.165, 1.54) is 23.5 Å². The fourth-order valence-electron chi connectivity index (χ4n) is 3.16. The molecule has 0 spiro atoms. The molecule has 0 aliphatic heterocycles. The van der Waals surface area contributed by atoms with Crippen LogP contribution in [0.5, 0.6) is 0 Å². The third-order valence-electron chi connectivity index (χ3n) is 4.48. The first-order valence-electron chi connectivity index (χ1n) is 8.64. The fourth-order valence-corrected chi connectivity index (χ4v) is 3.85. The monoisotopic (exact) mass is 409 g/mol. The largest absolute Gasteiger partial charge is 0.366 e. The van der Waals surface area contributed by atoms with Crippen molar-refractivity contribution in [3.8, 4) is 10.6 Å². The van der Waals surface area contributed by atoms with Crippen molar-refractivity contribution in [1.82, 2.24) is 14.8 Å². The summed E-state index contributed by atoms with van der Waals surface area (Å²) in [7, 11) is 1.77. The Kier molecular flexibility index (Phi) is 4.59. The van der Waals surface area contributed by atoms with Gasteiger partial charge in [-0.2, -0.15) is 5.10 Å². The molecule has 2 amide bonds. The topological polar surface area (TPSA) is 103 Å². The van der Waals surface area contributed by atoms with Crippen LogP contribution in [-0.2, 0) is 7.05 Å². The Morgan fingerprint density at radius 3 is 2.69 bits per heavy atom. The van der Waals surface area contributed by atoms with Gasteiger partial charge in [0.25, 0.3) is 11.8 Å². The minimum Gasteiger partial charge on any atom is -0.366 e. The van der Waals surface area contributed by atoms with E-state index in [9.17, 15) is 14.0 Å². The average molecular weight is 409 g/mol. The molecule has 0 aliphatic rings. The zero-order chi connectivity index (χ0) is 20.7. The first-order chi connectivity index (χ1) is 13.8. The predicted octanol–water partition coefficient (Wildman–Crippen LogP) is 3.50. The van der Waals surface area contributed by atoms with Crippen molar-refractivity contribution in [3.63, 3.8) is 0 Å². The van der Waals surface area contributed by atoms with Crippen LogP contribution in [0, 0.1) is 12.7 Å². The van der Waals surface area contributed by atoms with Crippen molar-refractivity contribution < 1.29 is 14.0 Å². The quantitative estimate of drug-likeness (QED) is 0.538. The second-order valence-corrected chi connectivity index (χ2v) is 7.40. The van der Waals surface area contributed by atoms with Gasteiger partial charge in [0.1, 0.15) is 5.82 Å². The molecule has 0 radical (unpaired) electrons. The van der Waals surface area contributed by atoms with Gasteiger partial charge in [0.15, 0.2) is 5.65 Å². The number of amides is 2. The molecule has 0 aliphatic carbocycles. The zero-order valence-corrected chi connectivity index (χ0v) is 16.4. The summed E-state index contributed by atoms with van der Waals surface area (Å²) >= 11 is 1.51. The van der Waals surface area contributed by atoms with Gasteiger partial charge in [-0.25, -0.2) is 9.37 Å².